The Hall–Kier alpha value is -4.26. The molecule has 34 heavy (non-hydrogen) atoms. The Kier molecular flexibility index (Phi) is 5.67. The van der Waals surface area contributed by atoms with Crippen molar-refractivity contribution < 1.29 is 9.18 Å². The van der Waals surface area contributed by atoms with Gasteiger partial charge < -0.3 is 14.9 Å². The van der Waals surface area contributed by atoms with E-state index in [4.69, 9.17) is 0 Å². The molecule has 0 aliphatic rings. The third-order valence-electron chi connectivity index (χ3n) is 6.01. The van der Waals surface area contributed by atoms with Crippen molar-refractivity contribution >= 4 is 27.7 Å². The minimum atomic E-state index is -0.293. The summed E-state index contributed by atoms with van der Waals surface area (Å²) in [5.41, 5.74) is 4.12. The molecule has 0 saturated carbocycles. The normalized spacial score (nSPS) is 11.2. The zero-order valence-electron chi connectivity index (χ0n) is 18.6. The molecule has 1 amide bonds. The second kappa shape index (κ2) is 8.94. The first-order chi connectivity index (χ1) is 16.5. The van der Waals surface area contributed by atoms with Crippen LogP contribution in [0.25, 0.3) is 33.1 Å². The number of H-pyrrole nitrogens is 2. The van der Waals surface area contributed by atoms with Crippen molar-refractivity contribution in [3.8, 4) is 11.3 Å². The third kappa shape index (κ3) is 4.20. The summed E-state index contributed by atoms with van der Waals surface area (Å²) in [6.45, 7) is 0.206. The lowest BCUT2D eigenvalue weighted by Gasteiger charge is -2.17. The summed E-state index contributed by atoms with van der Waals surface area (Å²) in [5, 5.41) is 1.56. The largest absolute Gasteiger partial charge is 0.354 e. The first kappa shape index (κ1) is 21.6. The maximum absolute atomic E-state index is 13.5. The Balaban J connectivity index is 1.36. The van der Waals surface area contributed by atoms with Gasteiger partial charge in [0, 0.05) is 30.1 Å². The number of aromatic amines is 2. The molecule has 7 heteroatoms. The molecule has 0 bridgehead atoms. The van der Waals surface area contributed by atoms with E-state index in [1.807, 2.05) is 30.3 Å². The summed E-state index contributed by atoms with van der Waals surface area (Å²) < 4.78 is 13.5. The molecule has 0 saturated heterocycles. The molecule has 6 nitrogen and oxygen atoms in total. The average molecular weight is 455 g/mol. The quantitative estimate of drug-likeness (QED) is 0.387. The molecule has 3 aromatic carbocycles. The van der Waals surface area contributed by atoms with Crippen molar-refractivity contribution in [2.45, 2.75) is 19.4 Å². The van der Waals surface area contributed by atoms with Crippen LogP contribution in [0.15, 0.2) is 77.6 Å². The molecule has 2 aromatic heterocycles. The lowest BCUT2D eigenvalue weighted by molar-refractivity contribution is -0.130. The first-order valence-corrected chi connectivity index (χ1v) is 11.1. The number of hydrogen-bond donors (Lipinski definition) is 2. The van der Waals surface area contributed by atoms with Crippen LogP contribution in [-0.2, 0) is 17.8 Å². The predicted molar refractivity (Wildman–Crippen MR) is 131 cm³/mol. The van der Waals surface area contributed by atoms with Crippen LogP contribution >= 0.6 is 0 Å². The van der Waals surface area contributed by atoms with Gasteiger partial charge in [0.15, 0.2) is 0 Å². The molecular weight excluding hydrogens is 431 g/mol. The minimum absolute atomic E-state index is 0.0638. The lowest BCUT2D eigenvalue weighted by Crippen LogP contribution is -2.28. The molecule has 0 radical (unpaired) electrons. The van der Waals surface area contributed by atoms with Crippen LogP contribution in [0.4, 0.5) is 4.39 Å². The summed E-state index contributed by atoms with van der Waals surface area (Å²) in [6, 6.07) is 21.4. The molecule has 2 N–H and O–H groups in total. The summed E-state index contributed by atoms with van der Waals surface area (Å²) >= 11 is 0. The van der Waals surface area contributed by atoms with E-state index in [1.165, 1.54) is 12.1 Å². The van der Waals surface area contributed by atoms with Gasteiger partial charge in [-0.3, -0.25) is 9.59 Å². The van der Waals surface area contributed by atoms with Crippen molar-refractivity contribution in [2.75, 3.05) is 7.05 Å². The van der Waals surface area contributed by atoms with Gasteiger partial charge in [-0.1, -0.05) is 30.3 Å². The Morgan fingerprint density at radius 3 is 2.44 bits per heavy atom. The van der Waals surface area contributed by atoms with Crippen LogP contribution in [0.2, 0.25) is 0 Å². The molecular formula is C27H23FN4O2. The van der Waals surface area contributed by atoms with Crippen LogP contribution < -0.4 is 5.56 Å². The van der Waals surface area contributed by atoms with E-state index < -0.39 is 0 Å². The van der Waals surface area contributed by atoms with Gasteiger partial charge in [-0.15, -0.1) is 0 Å². The van der Waals surface area contributed by atoms with Crippen LogP contribution in [0.1, 0.15) is 17.8 Å². The smallest absolute Gasteiger partial charge is 0.258 e. The topological polar surface area (TPSA) is 81.8 Å². The van der Waals surface area contributed by atoms with E-state index in [0.717, 1.165) is 27.7 Å². The monoisotopic (exact) mass is 454 g/mol. The van der Waals surface area contributed by atoms with Crippen LogP contribution in [0.3, 0.4) is 0 Å². The highest BCUT2D eigenvalue weighted by atomic mass is 19.1. The predicted octanol–water partition coefficient (Wildman–Crippen LogP) is 4.80. The highest BCUT2D eigenvalue weighted by molar-refractivity contribution is 5.91. The Morgan fingerprint density at radius 2 is 1.65 bits per heavy atom. The van der Waals surface area contributed by atoms with Gasteiger partial charge in [0.2, 0.25) is 5.91 Å². The van der Waals surface area contributed by atoms with E-state index in [-0.39, 0.29) is 30.2 Å². The number of carbonyl (C=O) groups is 1. The number of halogens is 1. The number of aryl methyl sites for hydroxylation is 1. The molecule has 5 rings (SSSR count). The number of para-hydroxylation sites is 2. The highest BCUT2D eigenvalue weighted by Crippen LogP contribution is 2.31. The summed E-state index contributed by atoms with van der Waals surface area (Å²) in [7, 11) is 1.70. The summed E-state index contributed by atoms with van der Waals surface area (Å²) in [6.07, 6.45) is 0.798. The fourth-order valence-corrected chi connectivity index (χ4v) is 4.27. The number of benzene rings is 3. The number of aromatic nitrogens is 3. The number of hydrogen-bond acceptors (Lipinski definition) is 3. The molecule has 0 fully saturated rings. The zero-order chi connectivity index (χ0) is 23.7. The average Bonchev–Trinajstić information content (AvgIpc) is 3.21. The maximum Gasteiger partial charge on any atom is 0.258 e. The molecule has 2 heterocycles. The minimum Gasteiger partial charge on any atom is -0.354 e. The standard InChI is InChI=1S/C27H23FN4O2/c1-32(16-24-29-23-9-5-3-7-21(23)27(34)31-24)25(33)15-14-20-19-6-2-4-8-22(19)30-26(20)17-10-12-18(28)13-11-17/h2-13,30H,14-16H2,1H3,(H,29,31,34). The van der Waals surface area contributed by atoms with Crippen molar-refractivity contribution in [3.05, 3.63) is 100 Å². The molecule has 170 valence electrons. The zero-order valence-corrected chi connectivity index (χ0v) is 18.6. The molecule has 0 spiro atoms. The van der Waals surface area contributed by atoms with Crippen LogP contribution in [-0.4, -0.2) is 32.8 Å². The summed E-state index contributed by atoms with van der Waals surface area (Å²) in [4.78, 5) is 37.5. The number of fused-ring (bicyclic) bond motifs is 2. The molecule has 0 unspecified atom stereocenters. The van der Waals surface area contributed by atoms with Crippen molar-refractivity contribution in [1.29, 1.82) is 0 Å². The fourth-order valence-electron chi connectivity index (χ4n) is 4.27. The molecule has 5 aromatic rings. The van der Waals surface area contributed by atoms with E-state index in [0.29, 0.717) is 23.1 Å². The van der Waals surface area contributed by atoms with E-state index >= 15 is 0 Å². The number of nitrogens with one attached hydrogen (secondary N) is 2. The first-order valence-electron chi connectivity index (χ1n) is 11.1. The van der Waals surface area contributed by atoms with Gasteiger partial charge in [-0.2, -0.15) is 0 Å². The molecule has 0 atom stereocenters. The molecule has 0 aliphatic heterocycles. The second-order valence-corrected chi connectivity index (χ2v) is 8.31. The maximum atomic E-state index is 13.5. The van der Waals surface area contributed by atoms with E-state index in [2.05, 4.69) is 15.0 Å². The molecule has 0 aliphatic carbocycles. The Morgan fingerprint density at radius 1 is 0.941 bits per heavy atom. The van der Waals surface area contributed by atoms with Gasteiger partial charge >= 0.3 is 0 Å². The number of amides is 1. The number of nitrogens with zero attached hydrogens (tertiary/aromatic N) is 2. The van der Waals surface area contributed by atoms with Gasteiger partial charge in [-0.05, 0) is 60.0 Å². The van der Waals surface area contributed by atoms with Crippen molar-refractivity contribution in [1.82, 2.24) is 19.9 Å². The van der Waals surface area contributed by atoms with E-state index in [1.54, 1.807) is 42.3 Å². The highest BCUT2D eigenvalue weighted by Gasteiger charge is 2.17. The van der Waals surface area contributed by atoms with E-state index in [9.17, 15) is 14.0 Å². The van der Waals surface area contributed by atoms with Crippen molar-refractivity contribution in [2.24, 2.45) is 0 Å². The van der Waals surface area contributed by atoms with Gasteiger partial charge in [0.1, 0.15) is 11.6 Å². The summed E-state index contributed by atoms with van der Waals surface area (Å²) in [5.74, 6) is 0.0864. The SMILES string of the molecule is CN(Cc1nc2ccccc2c(=O)[nH]1)C(=O)CCc1c(-c2ccc(F)cc2)[nH]c2ccccc12. The van der Waals surface area contributed by atoms with Crippen LogP contribution in [0.5, 0.6) is 0 Å². The number of carbonyl (C=O) groups excluding carboxylic acids is 1. The van der Waals surface area contributed by atoms with Crippen molar-refractivity contribution in [3.63, 3.8) is 0 Å². The van der Waals surface area contributed by atoms with Gasteiger partial charge in [0.25, 0.3) is 5.56 Å². The van der Waals surface area contributed by atoms with Gasteiger partial charge in [-0.25, -0.2) is 9.37 Å². The fraction of sp³-hybridized carbons (Fsp3) is 0.148. The Labute approximate surface area is 195 Å². The Bertz CT molecular complexity index is 1550. The number of rotatable bonds is 6. The third-order valence-corrected chi connectivity index (χ3v) is 6.01. The van der Waals surface area contributed by atoms with Crippen LogP contribution in [0, 0.1) is 5.82 Å². The lowest BCUT2D eigenvalue weighted by atomic mass is 10.0. The van der Waals surface area contributed by atoms with Gasteiger partial charge in [0.05, 0.1) is 17.4 Å². The second-order valence-electron chi connectivity index (χ2n) is 8.31.